The molecule has 0 saturated heterocycles. The Morgan fingerprint density at radius 2 is 2.11 bits per heavy atom. The molecule has 0 aliphatic rings. The number of rotatable bonds is 4. The molecule has 4 heteroatoms. The van der Waals surface area contributed by atoms with Gasteiger partial charge in [0.15, 0.2) is 5.78 Å². The van der Waals surface area contributed by atoms with Gasteiger partial charge in [-0.2, -0.15) is 0 Å². The van der Waals surface area contributed by atoms with Gasteiger partial charge < -0.3 is 4.74 Å². The summed E-state index contributed by atoms with van der Waals surface area (Å²) in [5.41, 5.74) is 0.597. The SMILES string of the molecule is CCC(=O)c1ccccc1Oc1cncc(Br)c1. The first-order valence-corrected chi connectivity index (χ1v) is 6.40. The second kappa shape index (κ2) is 5.78. The van der Waals surface area contributed by atoms with Gasteiger partial charge in [0.05, 0.1) is 11.8 Å². The van der Waals surface area contributed by atoms with Crippen LogP contribution in [-0.4, -0.2) is 10.8 Å². The summed E-state index contributed by atoms with van der Waals surface area (Å²) in [6.07, 6.45) is 3.74. The summed E-state index contributed by atoms with van der Waals surface area (Å²) in [4.78, 5) is 15.8. The van der Waals surface area contributed by atoms with Crippen molar-refractivity contribution in [2.75, 3.05) is 0 Å². The molecule has 92 valence electrons. The number of Topliss-reactive ketones (excluding diaryl/α,β-unsaturated/α-hetero) is 1. The Morgan fingerprint density at radius 1 is 1.33 bits per heavy atom. The lowest BCUT2D eigenvalue weighted by Crippen LogP contribution is -1.99. The van der Waals surface area contributed by atoms with Gasteiger partial charge in [0.25, 0.3) is 0 Å². The minimum Gasteiger partial charge on any atom is -0.455 e. The average Bonchev–Trinajstić information content (AvgIpc) is 2.38. The van der Waals surface area contributed by atoms with Crippen LogP contribution in [0, 0.1) is 0 Å². The van der Waals surface area contributed by atoms with Crippen molar-refractivity contribution in [3.8, 4) is 11.5 Å². The number of hydrogen-bond donors (Lipinski definition) is 0. The van der Waals surface area contributed by atoms with Crippen molar-refractivity contribution in [2.45, 2.75) is 13.3 Å². The van der Waals surface area contributed by atoms with Gasteiger partial charge in [-0.3, -0.25) is 9.78 Å². The fourth-order valence-electron chi connectivity index (χ4n) is 1.55. The normalized spacial score (nSPS) is 10.1. The Bertz CT molecular complexity index is 569. The summed E-state index contributed by atoms with van der Waals surface area (Å²) in [7, 11) is 0. The first kappa shape index (κ1) is 12.8. The largest absolute Gasteiger partial charge is 0.455 e. The van der Waals surface area contributed by atoms with Crippen LogP contribution in [0.3, 0.4) is 0 Å². The third-order valence-corrected chi connectivity index (χ3v) is 2.85. The molecular weight excluding hydrogens is 294 g/mol. The number of hydrogen-bond acceptors (Lipinski definition) is 3. The molecule has 2 rings (SSSR count). The standard InChI is InChI=1S/C14H12BrNO2/c1-2-13(17)12-5-3-4-6-14(12)18-11-7-10(15)8-16-9-11/h3-9H,2H2,1H3. The van der Waals surface area contributed by atoms with Crippen LogP contribution in [0.15, 0.2) is 47.2 Å². The van der Waals surface area contributed by atoms with Crippen molar-refractivity contribution in [3.63, 3.8) is 0 Å². The van der Waals surface area contributed by atoms with E-state index in [0.717, 1.165) is 4.47 Å². The topological polar surface area (TPSA) is 39.2 Å². The first-order chi connectivity index (χ1) is 8.70. The van der Waals surface area contributed by atoms with Crippen LogP contribution < -0.4 is 4.74 Å². The van der Waals surface area contributed by atoms with Gasteiger partial charge in [0.2, 0.25) is 0 Å². The molecule has 3 nitrogen and oxygen atoms in total. The maximum Gasteiger partial charge on any atom is 0.166 e. The number of aromatic nitrogens is 1. The monoisotopic (exact) mass is 305 g/mol. The molecule has 0 aliphatic heterocycles. The third kappa shape index (κ3) is 2.96. The predicted molar refractivity (Wildman–Crippen MR) is 73.1 cm³/mol. The maximum atomic E-state index is 11.8. The zero-order chi connectivity index (χ0) is 13.0. The van der Waals surface area contributed by atoms with Crippen LogP contribution >= 0.6 is 15.9 Å². The molecule has 1 aromatic carbocycles. The van der Waals surface area contributed by atoms with E-state index in [0.29, 0.717) is 23.5 Å². The Labute approximate surface area is 114 Å². The highest BCUT2D eigenvalue weighted by Crippen LogP contribution is 2.27. The van der Waals surface area contributed by atoms with Crippen LogP contribution in [0.1, 0.15) is 23.7 Å². The molecule has 0 aliphatic carbocycles. The number of nitrogens with zero attached hydrogens (tertiary/aromatic N) is 1. The molecule has 0 amide bonds. The summed E-state index contributed by atoms with van der Waals surface area (Å²) < 4.78 is 6.53. The number of ether oxygens (including phenoxy) is 1. The van der Waals surface area contributed by atoms with Crippen molar-refractivity contribution in [2.24, 2.45) is 0 Å². The number of ketones is 1. The van der Waals surface area contributed by atoms with Crippen molar-refractivity contribution in [1.29, 1.82) is 0 Å². The number of benzene rings is 1. The minimum absolute atomic E-state index is 0.0635. The van der Waals surface area contributed by atoms with E-state index < -0.39 is 0 Å². The number of pyridine rings is 1. The van der Waals surface area contributed by atoms with Gasteiger partial charge >= 0.3 is 0 Å². The van der Waals surface area contributed by atoms with Gasteiger partial charge in [-0.15, -0.1) is 0 Å². The maximum absolute atomic E-state index is 11.8. The predicted octanol–water partition coefficient (Wildman–Crippen LogP) is 4.23. The van der Waals surface area contributed by atoms with E-state index in [1.54, 1.807) is 30.6 Å². The summed E-state index contributed by atoms with van der Waals surface area (Å²) in [5.74, 6) is 1.22. The number of halogens is 1. The lowest BCUT2D eigenvalue weighted by Gasteiger charge is -2.09. The Balaban J connectivity index is 2.32. The summed E-state index contributed by atoms with van der Waals surface area (Å²) >= 11 is 3.33. The lowest BCUT2D eigenvalue weighted by atomic mass is 10.1. The van der Waals surface area contributed by atoms with Gasteiger partial charge in [0, 0.05) is 17.1 Å². The van der Waals surface area contributed by atoms with Crippen molar-refractivity contribution >= 4 is 21.7 Å². The fourth-order valence-corrected chi connectivity index (χ4v) is 1.90. The number of carbonyl (C=O) groups excluding carboxylic acids is 1. The Kier molecular flexibility index (Phi) is 4.10. The molecule has 0 bridgehead atoms. The summed E-state index contributed by atoms with van der Waals surface area (Å²) in [6, 6.07) is 9.03. The fraction of sp³-hybridized carbons (Fsp3) is 0.143. The van der Waals surface area contributed by atoms with Gasteiger partial charge in [-0.05, 0) is 34.1 Å². The highest BCUT2D eigenvalue weighted by Gasteiger charge is 2.10. The van der Waals surface area contributed by atoms with Crippen LogP contribution in [0.4, 0.5) is 0 Å². The molecule has 1 aromatic heterocycles. The van der Waals surface area contributed by atoms with Crippen LogP contribution in [0.5, 0.6) is 11.5 Å². The first-order valence-electron chi connectivity index (χ1n) is 5.61. The molecule has 2 aromatic rings. The summed E-state index contributed by atoms with van der Waals surface area (Å²) in [6.45, 7) is 1.83. The van der Waals surface area contributed by atoms with Crippen LogP contribution in [0.2, 0.25) is 0 Å². The van der Waals surface area contributed by atoms with Gasteiger partial charge in [-0.25, -0.2) is 0 Å². The summed E-state index contributed by atoms with van der Waals surface area (Å²) in [5, 5.41) is 0. The zero-order valence-corrected chi connectivity index (χ0v) is 11.5. The van der Waals surface area contributed by atoms with E-state index in [9.17, 15) is 4.79 Å². The second-order valence-corrected chi connectivity index (χ2v) is 4.63. The quantitative estimate of drug-likeness (QED) is 0.794. The average molecular weight is 306 g/mol. The molecule has 0 radical (unpaired) electrons. The van der Waals surface area contributed by atoms with Gasteiger partial charge in [0.1, 0.15) is 11.5 Å². The van der Waals surface area contributed by atoms with Crippen molar-refractivity contribution < 1.29 is 9.53 Å². The molecular formula is C14H12BrNO2. The van der Waals surface area contributed by atoms with Crippen molar-refractivity contribution in [3.05, 3.63) is 52.8 Å². The molecule has 0 saturated carbocycles. The van der Waals surface area contributed by atoms with E-state index in [1.807, 2.05) is 19.1 Å². The van der Waals surface area contributed by atoms with E-state index in [2.05, 4.69) is 20.9 Å². The van der Waals surface area contributed by atoms with E-state index in [1.165, 1.54) is 0 Å². The highest BCUT2D eigenvalue weighted by atomic mass is 79.9. The third-order valence-electron chi connectivity index (χ3n) is 2.42. The number of carbonyl (C=O) groups is 1. The van der Waals surface area contributed by atoms with Crippen LogP contribution in [0.25, 0.3) is 0 Å². The van der Waals surface area contributed by atoms with Crippen molar-refractivity contribution in [1.82, 2.24) is 4.98 Å². The van der Waals surface area contributed by atoms with Crippen LogP contribution in [-0.2, 0) is 0 Å². The molecule has 0 N–H and O–H groups in total. The Morgan fingerprint density at radius 3 is 2.83 bits per heavy atom. The molecule has 0 fully saturated rings. The second-order valence-electron chi connectivity index (χ2n) is 3.71. The minimum atomic E-state index is 0.0635. The molecule has 1 heterocycles. The van der Waals surface area contributed by atoms with E-state index in [-0.39, 0.29) is 5.78 Å². The molecule has 0 spiro atoms. The lowest BCUT2D eigenvalue weighted by molar-refractivity contribution is 0.0986. The Hall–Kier alpha value is -1.68. The van der Waals surface area contributed by atoms with Gasteiger partial charge in [-0.1, -0.05) is 19.1 Å². The smallest absolute Gasteiger partial charge is 0.166 e. The molecule has 18 heavy (non-hydrogen) atoms. The zero-order valence-electron chi connectivity index (χ0n) is 9.89. The van der Waals surface area contributed by atoms with E-state index >= 15 is 0 Å². The van der Waals surface area contributed by atoms with E-state index in [4.69, 9.17) is 4.74 Å². The highest BCUT2D eigenvalue weighted by molar-refractivity contribution is 9.10. The number of para-hydroxylation sites is 1. The molecule has 0 atom stereocenters. The molecule has 0 unspecified atom stereocenters.